The zero-order valence-corrected chi connectivity index (χ0v) is 10.6. The van der Waals surface area contributed by atoms with Gasteiger partial charge in [-0.05, 0) is 26.8 Å². The molecule has 0 bridgehead atoms. The Morgan fingerprint density at radius 1 is 1.41 bits per heavy atom. The molecule has 0 aliphatic heterocycles. The Labute approximate surface area is 101 Å². The second kappa shape index (κ2) is 5.27. The van der Waals surface area contributed by atoms with Gasteiger partial charge in [0.2, 0.25) is 0 Å². The van der Waals surface area contributed by atoms with Crippen molar-refractivity contribution >= 4 is 5.97 Å². The fourth-order valence-electron chi connectivity index (χ4n) is 1.89. The van der Waals surface area contributed by atoms with Crippen LogP contribution >= 0.6 is 0 Å². The van der Waals surface area contributed by atoms with Crippen molar-refractivity contribution in [3.05, 3.63) is 35.6 Å². The first-order chi connectivity index (χ1) is 7.91. The van der Waals surface area contributed by atoms with E-state index in [1.165, 1.54) is 13.2 Å². The molecule has 94 valence electrons. The molecule has 0 saturated carbocycles. The first-order valence-corrected chi connectivity index (χ1v) is 5.53. The molecule has 1 atom stereocenters. The smallest absolute Gasteiger partial charge is 0.330 e. The van der Waals surface area contributed by atoms with Gasteiger partial charge < -0.3 is 4.74 Å². The molecule has 1 aromatic rings. The van der Waals surface area contributed by atoms with E-state index in [4.69, 9.17) is 4.74 Å². The van der Waals surface area contributed by atoms with Crippen LogP contribution in [0, 0.1) is 5.82 Å². The minimum atomic E-state index is -1.17. The molecule has 0 aromatic heterocycles. The van der Waals surface area contributed by atoms with Crippen LogP contribution in [0.3, 0.4) is 0 Å². The summed E-state index contributed by atoms with van der Waals surface area (Å²) in [4.78, 5) is 11.9. The summed E-state index contributed by atoms with van der Waals surface area (Å²) in [6.07, 6.45) is 0. The number of ether oxygens (including phenoxy) is 1. The average Bonchev–Trinajstić information content (AvgIpc) is 2.27. The summed E-state index contributed by atoms with van der Waals surface area (Å²) in [5.41, 5.74) is -0.880. The zero-order valence-electron chi connectivity index (χ0n) is 10.6. The number of methoxy groups -OCH3 is 1. The minimum Gasteiger partial charge on any atom is -0.467 e. The maximum atomic E-state index is 13.8. The zero-order chi connectivity index (χ0) is 13.1. The lowest BCUT2D eigenvalue weighted by atomic mass is 9.90. The van der Waals surface area contributed by atoms with Crippen molar-refractivity contribution < 1.29 is 13.9 Å². The summed E-state index contributed by atoms with van der Waals surface area (Å²) in [7, 11) is 1.30. The van der Waals surface area contributed by atoms with Crippen LogP contribution in [-0.2, 0) is 15.1 Å². The van der Waals surface area contributed by atoms with E-state index in [1.807, 2.05) is 13.8 Å². The van der Waals surface area contributed by atoms with E-state index >= 15 is 0 Å². The Morgan fingerprint density at radius 2 is 2.00 bits per heavy atom. The summed E-state index contributed by atoms with van der Waals surface area (Å²) >= 11 is 0. The van der Waals surface area contributed by atoms with Crippen LogP contribution in [-0.4, -0.2) is 19.1 Å². The number of benzene rings is 1. The number of esters is 1. The van der Waals surface area contributed by atoms with Crippen molar-refractivity contribution in [2.24, 2.45) is 0 Å². The summed E-state index contributed by atoms with van der Waals surface area (Å²) < 4.78 is 18.5. The molecule has 0 radical (unpaired) electrons. The SMILES string of the molecule is COC(=O)C(C)(NC(C)C)c1ccccc1F. The van der Waals surface area contributed by atoms with Gasteiger partial charge in [0.25, 0.3) is 0 Å². The fraction of sp³-hybridized carbons (Fsp3) is 0.462. The van der Waals surface area contributed by atoms with E-state index in [9.17, 15) is 9.18 Å². The van der Waals surface area contributed by atoms with Gasteiger partial charge in [0.1, 0.15) is 11.4 Å². The molecule has 0 fully saturated rings. The third kappa shape index (κ3) is 2.82. The van der Waals surface area contributed by atoms with Crippen molar-refractivity contribution in [1.29, 1.82) is 0 Å². The number of carbonyl (C=O) groups excluding carboxylic acids is 1. The topological polar surface area (TPSA) is 38.3 Å². The maximum Gasteiger partial charge on any atom is 0.330 e. The fourth-order valence-corrected chi connectivity index (χ4v) is 1.89. The maximum absolute atomic E-state index is 13.8. The molecule has 1 aromatic carbocycles. The monoisotopic (exact) mass is 239 g/mol. The number of hydrogen-bond donors (Lipinski definition) is 1. The number of carbonyl (C=O) groups is 1. The molecule has 1 N–H and O–H groups in total. The van der Waals surface area contributed by atoms with E-state index < -0.39 is 17.3 Å². The van der Waals surface area contributed by atoms with Gasteiger partial charge in [0, 0.05) is 11.6 Å². The van der Waals surface area contributed by atoms with Crippen LogP contribution < -0.4 is 5.32 Å². The second-order valence-corrected chi connectivity index (χ2v) is 4.40. The highest BCUT2D eigenvalue weighted by atomic mass is 19.1. The molecule has 0 heterocycles. The van der Waals surface area contributed by atoms with Crippen LogP contribution in [0.2, 0.25) is 0 Å². The highest BCUT2D eigenvalue weighted by Gasteiger charge is 2.38. The molecule has 0 saturated heterocycles. The van der Waals surface area contributed by atoms with Gasteiger partial charge in [-0.1, -0.05) is 18.2 Å². The lowest BCUT2D eigenvalue weighted by Gasteiger charge is -2.30. The molecular weight excluding hydrogens is 221 g/mol. The number of rotatable bonds is 4. The van der Waals surface area contributed by atoms with E-state index in [0.717, 1.165) is 0 Å². The third-order valence-corrected chi connectivity index (χ3v) is 2.58. The molecule has 0 aliphatic rings. The first kappa shape index (κ1) is 13.6. The van der Waals surface area contributed by atoms with Crippen molar-refractivity contribution in [2.45, 2.75) is 32.4 Å². The van der Waals surface area contributed by atoms with Gasteiger partial charge >= 0.3 is 5.97 Å². The molecule has 1 unspecified atom stereocenters. The summed E-state index contributed by atoms with van der Waals surface area (Å²) in [5.74, 6) is -0.926. The van der Waals surface area contributed by atoms with Crippen molar-refractivity contribution in [2.75, 3.05) is 7.11 Å². The lowest BCUT2D eigenvalue weighted by Crippen LogP contribution is -2.50. The predicted octanol–water partition coefficient (Wildman–Crippen LogP) is 2.21. The van der Waals surface area contributed by atoms with Crippen molar-refractivity contribution in [3.63, 3.8) is 0 Å². The molecular formula is C13H18FNO2. The van der Waals surface area contributed by atoms with Crippen LogP contribution in [0.1, 0.15) is 26.3 Å². The largest absolute Gasteiger partial charge is 0.467 e. The molecule has 0 aliphatic carbocycles. The normalized spacial score (nSPS) is 14.5. The number of hydrogen-bond acceptors (Lipinski definition) is 3. The Morgan fingerprint density at radius 3 is 2.47 bits per heavy atom. The van der Waals surface area contributed by atoms with Crippen LogP contribution in [0.4, 0.5) is 4.39 Å². The first-order valence-electron chi connectivity index (χ1n) is 5.53. The number of nitrogens with one attached hydrogen (secondary N) is 1. The van der Waals surface area contributed by atoms with Crippen molar-refractivity contribution in [1.82, 2.24) is 5.32 Å². The number of halogens is 1. The minimum absolute atomic E-state index is 0.0266. The van der Waals surface area contributed by atoms with E-state index in [-0.39, 0.29) is 6.04 Å². The molecule has 4 heteroatoms. The van der Waals surface area contributed by atoms with Gasteiger partial charge in [-0.3, -0.25) is 5.32 Å². The Kier molecular flexibility index (Phi) is 4.23. The van der Waals surface area contributed by atoms with Crippen LogP contribution in [0.5, 0.6) is 0 Å². The summed E-state index contributed by atoms with van der Waals surface area (Å²) in [6, 6.07) is 6.23. The van der Waals surface area contributed by atoms with Gasteiger partial charge in [0.05, 0.1) is 7.11 Å². The molecule has 0 amide bonds. The van der Waals surface area contributed by atoms with Gasteiger partial charge in [-0.15, -0.1) is 0 Å². The van der Waals surface area contributed by atoms with E-state index in [2.05, 4.69) is 5.32 Å². The van der Waals surface area contributed by atoms with Crippen LogP contribution in [0.15, 0.2) is 24.3 Å². The quantitative estimate of drug-likeness (QED) is 0.819. The highest BCUT2D eigenvalue weighted by molar-refractivity contribution is 5.82. The Bertz CT molecular complexity index is 406. The van der Waals surface area contributed by atoms with Gasteiger partial charge in [0.15, 0.2) is 0 Å². The Balaban J connectivity index is 3.24. The molecule has 0 spiro atoms. The van der Waals surface area contributed by atoms with Gasteiger partial charge in [-0.2, -0.15) is 0 Å². The highest BCUT2D eigenvalue weighted by Crippen LogP contribution is 2.25. The molecule has 1 rings (SSSR count). The predicted molar refractivity (Wildman–Crippen MR) is 64.0 cm³/mol. The summed E-state index contributed by atoms with van der Waals surface area (Å²) in [6.45, 7) is 5.40. The van der Waals surface area contributed by atoms with Crippen molar-refractivity contribution in [3.8, 4) is 0 Å². The van der Waals surface area contributed by atoms with Gasteiger partial charge in [-0.25, -0.2) is 9.18 Å². The second-order valence-electron chi connectivity index (χ2n) is 4.40. The van der Waals surface area contributed by atoms with E-state index in [1.54, 1.807) is 25.1 Å². The third-order valence-electron chi connectivity index (χ3n) is 2.58. The average molecular weight is 239 g/mol. The van der Waals surface area contributed by atoms with Crippen LogP contribution in [0.25, 0.3) is 0 Å². The lowest BCUT2D eigenvalue weighted by molar-refractivity contribution is -0.148. The van der Waals surface area contributed by atoms with E-state index in [0.29, 0.717) is 5.56 Å². The standard InChI is InChI=1S/C13H18FNO2/c1-9(2)15-13(3,12(16)17-4)10-7-5-6-8-11(10)14/h5-9,15H,1-4H3. The molecule has 17 heavy (non-hydrogen) atoms. The molecule has 3 nitrogen and oxygen atoms in total. The Hall–Kier alpha value is -1.42. The summed E-state index contributed by atoms with van der Waals surface area (Å²) in [5, 5.41) is 3.05.